The van der Waals surface area contributed by atoms with Crippen LogP contribution in [0.1, 0.15) is 0 Å². The molecule has 0 unspecified atom stereocenters. The average Bonchev–Trinajstić information content (AvgIpc) is 3.82. The number of hydrogen-bond donors (Lipinski definition) is 0. The minimum absolute atomic E-state index is 0.665. The van der Waals surface area contributed by atoms with E-state index in [0.717, 1.165) is 82.6 Å². The molecule has 11 rings (SSSR count). The number of para-hydroxylation sites is 2. The van der Waals surface area contributed by atoms with Gasteiger partial charge in [-0.15, -0.1) is 11.3 Å². The van der Waals surface area contributed by atoms with Crippen molar-refractivity contribution in [2.45, 2.75) is 0 Å². The van der Waals surface area contributed by atoms with Crippen molar-refractivity contribution in [1.82, 2.24) is 15.0 Å². The van der Waals surface area contributed by atoms with E-state index in [4.69, 9.17) is 19.4 Å². The summed E-state index contributed by atoms with van der Waals surface area (Å²) in [5.41, 5.74) is 10.5. The number of nitrogens with zero attached hydrogens (tertiary/aromatic N) is 3. The van der Waals surface area contributed by atoms with Gasteiger partial charge in [0.15, 0.2) is 5.82 Å². The first-order chi connectivity index (χ1) is 26.7. The maximum Gasteiger partial charge on any atom is 0.160 e. The van der Waals surface area contributed by atoms with Crippen LogP contribution in [-0.2, 0) is 0 Å². The molecule has 4 nitrogen and oxygen atoms in total. The Morgan fingerprint density at radius 1 is 0.407 bits per heavy atom. The Hall–Kier alpha value is -6.95. The maximum atomic E-state index is 6.45. The molecule has 0 radical (unpaired) electrons. The Morgan fingerprint density at radius 3 is 1.87 bits per heavy atom. The molecule has 4 aromatic heterocycles. The van der Waals surface area contributed by atoms with Crippen LogP contribution in [-0.4, -0.2) is 15.0 Å². The fourth-order valence-electron chi connectivity index (χ4n) is 7.76. The summed E-state index contributed by atoms with van der Waals surface area (Å²) < 4.78 is 7.71. The third-order valence-electron chi connectivity index (χ3n) is 10.3. The molecule has 0 atom stereocenters. The first kappa shape index (κ1) is 30.7. The molecule has 0 aliphatic rings. The predicted octanol–water partition coefficient (Wildman–Crippen LogP) is 13.6. The molecule has 54 heavy (non-hydrogen) atoms. The van der Waals surface area contributed by atoms with E-state index in [2.05, 4.69) is 140 Å². The van der Waals surface area contributed by atoms with E-state index in [1.54, 1.807) is 11.3 Å². The van der Waals surface area contributed by atoms with Crippen LogP contribution in [0.25, 0.3) is 109 Å². The van der Waals surface area contributed by atoms with Crippen molar-refractivity contribution in [3.8, 4) is 56.3 Å². The van der Waals surface area contributed by atoms with Gasteiger partial charge in [0, 0.05) is 53.9 Å². The summed E-state index contributed by atoms with van der Waals surface area (Å²) in [5, 5.41) is 7.04. The van der Waals surface area contributed by atoms with E-state index in [1.165, 1.54) is 20.9 Å². The Kier molecular flexibility index (Phi) is 7.00. The van der Waals surface area contributed by atoms with Crippen LogP contribution in [0.3, 0.4) is 0 Å². The number of hydrogen-bond acceptors (Lipinski definition) is 5. The van der Waals surface area contributed by atoms with Crippen LogP contribution in [0.4, 0.5) is 0 Å². The fraction of sp³-hybridized carbons (Fsp3) is 0. The molecule has 0 saturated carbocycles. The monoisotopic (exact) mass is 707 g/mol. The second-order valence-electron chi connectivity index (χ2n) is 13.6. The van der Waals surface area contributed by atoms with Crippen LogP contribution in [0, 0.1) is 0 Å². The van der Waals surface area contributed by atoms with Crippen molar-refractivity contribution in [3.63, 3.8) is 0 Å². The minimum atomic E-state index is 0.665. The normalized spacial score (nSPS) is 11.7. The highest BCUT2D eigenvalue weighted by molar-refractivity contribution is 7.25. The Morgan fingerprint density at radius 2 is 1.02 bits per heavy atom. The molecule has 0 saturated heterocycles. The van der Waals surface area contributed by atoms with E-state index in [1.807, 2.05) is 36.4 Å². The van der Waals surface area contributed by atoms with Crippen LogP contribution < -0.4 is 0 Å². The molecule has 0 amide bonds. The Balaban J connectivity index is 1.05. The lowest BCUT2D eigenvalue weighted by Gasteiger charge is -2.12. The lowest BCUT2D eigenvalue weighted by atomic mass is 9.96. The third kappa shape index (κ3) is 5.01. The second-order valence-corrected chi connectivity index (χ2v) is 14.6. The number of aromatic nitrogens is 3. The maximum absolute atomic E-state index is 6.45. The van der Waals surface area contributed by atoms with Crippen molar-refractivity contribution in [2.75, 3.05) is 0 Å². The molecule has 0 N–H and O–H groups in total. The van der Waals surface area contributed by atoms with Crippen molar-refractivity contribution < 1.29 is 4.42 Å². The van der Waals surface area contributed by atoms with Crippen LogP contribution in [0.5, 0.6) is 0 Å². The van der Waals surface area contributed by atoms with Crippen molar-refractivity contribution in [1.29, 1.82) is 0 Å². The molecule has 0 bridgehead atoms. The van der Waals surface area contributed by atoms with Gasteiger partial charge in [0.25, 0.3) is 0 Å². The molecular weight excluding hydrogens is 679 g/mol. The number of fused-ring (bicyclic) bond motifs is 8. The largest absolute Gasteiger partial charge is 0.455 e. The SMILES string of the molecule is c1ccc(-c2nc(-c3cccc(-c4cccc(-c5nc6sc7ccccc7c6c6ccccc56)c4)c3)cc(-c3cccc4c3oc3ccccc34)n2)cc1. The van der Waals surface area contributed by atoms with Gasteiger partial charge in [-0.05, 0) is 52.9 Å². The molecule has 7 aromatic carbocycles. The number of pyridine rings is 1. The average molecular weight is 708 g/mol. The van der Waals surface area contributed by atoms with Gasteiger partial charge in [0.2, 0.25) is 0 Å². The summed E-state index contributed by atoms with van der Waals surface area (Å²) in [6, 6.07) is 61.3. The Bertz CT molecular complexity index is 3230. The number of rotatable bonds is 5. The lowest BCUT2D eigenvalue weighted by Crippen LogP contribution is -1.96. The summed E-state index contributed by atoms with van der Waals surface area (Å²) in [7, 11) is 0. The standard InChI is InChI=1S/C49H29N3OS/c1-2-13-30(14-3-1)48-50-41(29-42(51-48)39-24-12-23-38-35-19-6-8-25-43(35)53-47(38)39)33-17-10-15-31(27-33)32-16-11-18-34(28-32)46-37-21-5-4-20-36(37)45-40-22-7-9-26-44(40)54-49(45)52-46/h1-29H. The quantitative estimate of drug-likeness (QED) is 0.179. The summed E-state index contributed by atoms with van der Waals surface area (Å²) in [6.45, 7) is 0. The van der Waals surface area contributed by atoms with E-state index in [0.29, 0.717) is 5.82 Å². The summed E-state index contributed by atoms with van der Waals surface area (Å²) in [5.74, 6) is 0.665. The molecule has 0 aliphatic carbocycles. The first-order valence-corrected chi connectivity index (χ1v) is 18.8. The third-order valence-corrected chi connectivity index (χ3v) is 11.4. The topological polar surface area (TPSA) is 51.8 Å². The molecule has 5 heteroatoms. The summed E-state index contributed by atoms with van der Waals surface area (Å²) in [6.07, 6.45) is 0. The van der Waals surface area contributed by atoms with E-state index < -0.39 is 0 Å². The highest BCUT2D eigenvalue weighted by Gasteiger charge is 2.18. The number of furan rings is 1. The zero-order valence-electron chi connectivity index (χ0n) is 28.9. The van der Waals surface area contributed by atoms with Crippen molar-refractivity contribution >= 4 is 64.4 Å². The minimum Gasteiger partial charge on any atom is -0.455 e. The highest BCUT2D eigenvalue weighted by atomic mass is 32.1. The van der Waals surface area contributed by atoms with Gasteiger partial charge in [-0.25, -0.2) is 15.0 Å². The molecular formula is C49H29N3OS. The molecule has 0 aliphatic heterocycles. The number of thiophene rings is 1. The van der Waals surface area contributed by atoms with Crippen LogP contribution in [0.2, 0.25) is 0 Å². The van der Waals surface area contributed by atoms with Gasteiger partial charge < -0.3 is 4.42 Å². The van der Waals surface area contributed by atoms with Crippen LogP contribution >= 0.6 is 11.3 Å². The first-order valence-electron chi connectivity index (χ1n) is 18.0. The lowest BCUT2D eigenvalue weighted by molar-refractivity contribution is 0.670. The molecule has 4 heterocycles. The summed E-state index contributed by atoms with van der Waals surface area (Å²) in [4.78, 5) is 16.7. The van der Waals surface area contributed by atoms with E-state index in [9.17, 15) is 0 Å². The van der Waals surface area contributed by atoms with Gasteiger partial charge in [0.05, 0.1) is 17.1 Å². The zero-order valence-corrected chi connectivity index (χ0v) is 29.7. The van der Waals surface area contributed by atoms with Gasteiger partial charge in [0.1, 0.15) is 16.0 Å². The van der Waals surface area contributed by atoms with Gasteiger partial charge in [-0.2, -0.15) is 0 Å². The van der Waals surface area contributed by atoms with Gasteiger partial charge >= 0.3 is 0 Å². The van der Waals surface area contributed by atoms with Gasteiger partial charge in [-0.1, -0.05) is 140 Å². The predicted molar refractivity (Wildman–Crippen MR) is 225 cm³/mol. The fourth-order valence-corrected chi connectivity index (χ4v) is 8.86. The van der Waals surface area contributed by atoms with E-state index >= 15 is 0 Å². The Labute approximate surface area is 314 Å². The smallest absolute Gasteiger partial charge is 0.160 e. The summed E-state index contributed by atoms with van der Waals surface area (Å²) >= 11 is 1.76. The molecule has 11 aromatic rings. The van der Waals surface area contributed by atoms with Crippen LogP contribution in [0.15, 0.2) is 180 Å². The molecule has 252 valence electrons. The molecule has 0 spiro atoms. The van der Waals surface area contributed by atoms with Crippen molar-refractivity contribution in [2.24, 2.45) is 0 Å². The van der Waals surface area contributed by atoms with Gasteiger partial charge in [-0.3, -0.25) is 0 Å². The van der Waals surface area contributed by atoms with E-state index in [-0.39, 0.29) is 0 Å². The zero-order chi connectivity index (χ0) is 35.6. The number of benzene rings is 7. The van der Waals surface area contributed by atoms with Crippen molar-refractivity contribution in [3.05, 3.63) is 176 Å². The highest BCUT2D eigenvalue weighted by Crippen LogP contribution is 2.42. The second kappa shape index (κ2) is 12.3. The molecule has 0 fully saturated rings.